The van der Waals surface area contributed by atoms with Crippen LogP contribution in [-0.2, 0) is 11.3 Å². The minimum absolute atomic E-state index is 0.134. The second-order valence-electron chi connectivity index (χ2n) is 4.99. The third-order valence-electron chi connectivity index (χ3n) is 3.44. The smallest absolute Gasteiger partial charge is 0.0702 e. The van der Waals surface area contributed by atoms with E-state index in [9.17, 15) is 0 Å². The summed E-state index contributed by atoms with van der Waals surface area (Å²) in [6, 6.07) is 2.08. The molecule has 0 saturated carbocycles. The molecule has 4 heteroatoms. The molecule has 1 fully saturated rings. The Morgan fingerprint density at radius 2 is 2.45 bits per heavy atom. The zero-order valence-corrected chi connectivity index (χ0v) is 12.9. The van der Waals surface area contributed by atoms with Gasteiger partial charge in [-0.05, 0) is 37.8 Å². The van der Waals surface area contributed by atoms with Crippen molar-refractivity contribution in [1.29, 1.82) is 0 Å². The Hall–Kier alpha value is -0.860. The Morgan fingerprint density at radius 3 is 3.25 bits per heavy atom. The van der Waals surface area contributed by atoms with E-state index in [1.165, 1.54) is 17.7 Å². The molecule has 0 aliphatic carbocycles. The summed E-state index contributed by atoms with van der Waals surface area (Å²) < 4.78 is 5.75. The highest BCUT2D eigenvalue weighted by Crippen LogP contribution is 2.21. The van der Waals surface area contributed by atoms with Crippen LogP contribution in [0.2, 0.25) is 0 Å². The van der Waals surface area contributed by atoms with Gasteiger partial charge in [-0.3, -0.25) is 4.90 Å². The van der Waals surface area contributed by atoms with E-state index in [2.05, 4.69) is 35.1 Å². The second-order valence-corrected chi connectivity index (χ2v) is 5.99. The molecule has 1 atom stereocenters. The van der Waals surface area contributed by atoms with Crippen LogP contribution in [0.25, 0.3) is 0 Å². The third-order valence-corrected chi connectivity index (χ3v) is 4.34. The van der Waals surface area contributed by atoms with Crippen molar-refractivity contribution >= 4 is 11.3 Å². The summed E-state index contributed by atoms with van der Waals surface area (Å²) in [7, 11) is 0. The quantitative estimate of drug-likeness (QED) is 0.847. The number of aliphatic hydroxyl groups is 1. The molecule has 1 unspecified atom stereocenters. The van der Waals surface area contributed by atoms with Gasteiger partial charge < -0.3 is 9.84 Å². The highest BCUT2D eigenvalue weighted by atomic mass is 32.1. The molecule has 3 nitrogen and oxygen atoms in total. The van der Waals surface area contributed by atoms with E-state index in [0.29, 0.717) is 12.5 Å². The van der Waals surface area contributed by atoms with Crippen LogP contribution in [-0.4, -0.2) is 42.4 Å². The van der Waals surface area contributed by atoms with Gasteiger partial charge in [0.05, 0.1) is 12.7 Å². The largest absolute Gasteiger partial charge is 0.395 e. The average Bonchev–Trinajstić information content (AvgIpc) is 2.87. The molecule has 110 valence electrons. The van der Waals surface area contributed by atoms with Gasteiger partial charge in [-0.2, -0.15) is 0 Å². The van der Waals surface area contributed by atoms with Crippen LogP contribution in [0.4, 0.5) is 0 Å². The molecule has 0 bridgehead atoms. The van der Waals surface area contributed by atoms with Gasteiger partial charge in [0.2, 0.25) is 0 Å². The molecule has 0 spiro atoms. The Morgan fingerprint density at radius 1 is 1.55 bits per heavy atom. The summed E-state index contributed by atoms with van der Waals surface area (Å²) in [5, 5.41) is 10.9. The van der Waals surface area contributed by atoms with E-state index >= 15 is 0 Å². The number of likely N-dealkylation sites (tertiary alicyclic amines) is 1. The minimum atomic E-state index is 0.134. The van der Waals surface area contributed by atoms with Crippen molar-refractivity contribution in [2.24, 2.45) is 0 Å². The molecule has 0 amide bonds. The zero-order chi connectivity index (χ0) is 14.2. The Kier molecular flexibility index (Phi) is 6.55. The first-order chi connectivity index (χ1) is 9.83. The summed E-state index contributed by atoms with van der Waals surface area (Å²) in [5.41, 5.74) is 1.11. The van der Waals surface area contributed by atoms with Crippen molar-refractivity contribution in [2.45, 2.75) is 38.8 Å². The van der Waals surface area contributed by atoms with Crippen molar-refractivity contribution < 1.29 is 9.84 Å². The molecule has 2 heterocycles. The topological polar surface area (TPSA) is 32.7 Å². The number of nitrogens with zero attached hydrogens (tertiary/aromatic N) is 1. The molecular formula is C16H23NO2S. The zero-order valence-electron chi connectivity index (χ0n) is 12.1. The lowest BCUT2D eigenvalue weighted by molar-refractivity contribution is 0.00388. The van der Waals surface area contributed by atoms with Crippen LogP contribution in [0.5, 0.6) is 0 Å². The molecular weight excluding hydrogens is 270 g/mol. The van der Waals surface area contributed by atoms with Crippen LogP contribution < -0.4 is 0 Å². The maximum Gasteiger partial charge on any atom is 0.0702 e. The fourth-order valence-corrected chi connectivity index (χ4v) is 3.39. The van der Waals surface area contributed by atoms with Crippen molar-refractivity contribution in [1.82, 2.24) is 4.90 Å². The van der Waals surface area contributed by atoms with E-state index in [1.54, 1.807) is 11.3 Å². The molecule has 1 aliphatic heterocycles. The first-order valence-corrected chi connectivity index (χ1v) is 8.21. The number of piperidine rings is 1. The van der Waals surface area contributed by atoms with Gasteiger partial charge in [-0.25, -0.2) is 0 Å². The fraction of sp³-hybridized carbons (Fsp3) is 0.625. The summed E-state index contributed by atoms with van der Waals surface area (Å²) >= 11 is 1.77. The first kappa shape index (κ1) is 15.5. The Labute approximate surface area is 125 Å². The Bertz CT molecular complexity index is 459. The summed E-state index contributed by atoms with van der Waals surface area (Å²) in [6.07, 6.45) is 3.32. The van der Waals surface area contributed by atoms with Crippen LogP contribution in [0.1, 0.15) is 36.6 Å². The monoisotopic (exact) mass is 293 g/mol. The molecule has 0 aromatic carbocycles. The van der Waals surface area contributed by atoms with Crippen molar-refractivity contribution in [3.8, 4) is 11.8 Å². The van der Waals surface area contributed by atoms with Crippen LogP contribution >= 0.6 is 11.3 Å². The normalized spacial score (nSPS) is 19.6. The number of thiophene rings is 1. The maximum atomic E-state index is 8.78. The van der Waals surface area contributed by atoms with Gasteiger partial charge in [0.15, 0.2) is 0 Å². The van der Waals surface area contributed by atoms with Gasteiger partial charge in [-0.15, -0.1) is 11.3 Å². The van der Waals surface area contributed by atoms with Gasteiger partial charge in [0.25, 0.3) is 0 Å². The highest BCUT2D eigenvalue weighted by Gasteiger charge is 2.20. The van der Waals surface area contributed by atoms with Crippen LogP contribution in [0, 0.1) is 11.8 Å². The lowest BCUT2D eigenvalue weighted by Gasteiger charge is -2.32. The van der Waals surface area contributed by atoms with Crippen LogP contribution in [0.15, 0.2) is 11.4 Å². The molecule has 0 radical (unpaired) electrons. The molecule has 2 rings (SSSR count). The van der Waals surface area contributed by atoms with E-state index in [4.69, 9.17) is 9.84 Å². The van der Waals surface area contributed by atoms with Gasteiger partial charge in [-0.1, -0.05) is 11.8 Å². The van der Waals surface area contributed by atoms with E-state index < -0.39 is 0 Å². The van der Waals surface area contributed by atoms with E-state index in [-0.39, 0.29) is 6.61 Å². The third kappa shape index (κ3) is 4.60. The number of hydrogen-bond acceptors (Lipinski definition) is 4. The lowest BCUT2D eigenvalue weighted by Crippen LogP contribution is -2.39. The summed E-state index contributed by atoms with van der Waals surface area (Å²) in [5.74, 6) is 6.17. The number of rotatable bonds is 5. The van der Waals surface area contributed by atoms with Crippen molar-refractivity contribution in [2.75, 3.05) is 26.3 Å². The van der Waals surface area contributed by atoms with Gasteiger partial charge in [0, 0.05) is 36.6 Å². The van der Waals surface area contributed by atoms with Crippen molar-refractivity contribution in [3.05, 3.63) is 21.9 Å². The highest BCUT2D eigenvalue weighted by molar-refractivity contribution is 7.10. The Balaban J connectivity index is 1.93. The van der Waals surface area contributed by atoms with E-state index in [1.807, 2.05) is 0 Å². The number of aliphatic hydroxyl groups excluding tert-OH is 1. The standard InChI is InChI=1S/C16H23NO2S/c1-2-19-15-7-5-9-17(12-15)13-16-14(8-11-20-16)6-3-4-10-18/h8,11,15,18H,2,4-5,7,9-10,12-13H2,1H3. The number of hydrogen-bond donors (Lipinski definition) is 1. The van der Waals surface area contributed by atoms with Crippen LogP contribution in [0.3, 0.4) is 0 Å². The molecule has 1 aromatic rings. The first-order valence-electron chi connectivity index (χ1n) is 7.33. The molecule has 20 heavy (non-hydrogen) atoms. The van der Waals surface area contributed by atoms with Gasteiger partial charge in [0.1, 0.15) is 0 Å². The molecule has 1 saturated heterocycles. The summed E-state index contributed by atoms with van der Waals surface area (Å²) in [6.45, 7) is 6.13. The average molecular weight is 293 g/mol. The maximum absolute atomic E-state index is 8.78. The van der Waals surface area contributed by atoms with Gasteiger partial charge >= 0.3 is 0 Å². The molecule has 1 aromatic heterocycles. The minimum Gasteiger partial charge on any atom is -0.395 e. The number of ether oxygens (including phenoxy) is 1. The predicted octanol–water partition coefficient (Wildman–Crippen LogP) is 2.48. The summed E-state index contributed by atoms with van der Waals surface area (Å²) in [4.78, 5) is 3.79. The molecule has 1 aliphatic rings. The predicted molar refractivity (Wildman–Crippen MR) is 82.8 cm³/mol. The van der Waals surface area contributed by atoms with Crippen molar-refractivity contribution in [3.63, 3.8) is 0 Å². The molecule has 1 N–H and O–H groups in total. The SMILES string of the molecule is CCOC1CCCN(Cc2sccc2C#CCCO)C1. The van der Waals surface area contributed by atoms with E-state index in [0.717, 1.165) is 31.8 Å². The second kappa shape index (κ2) is 8.43. The lowest BCUT2D eigenvalue weighted by atomic mass is 10.1. The fourth-order valence-electron chi connectivity index (χ4n) is 2.52.